The maximum atomic E-state index is 13.0. The van der Waals surface area contributed by atoms with Crippen molar-refractivity contribution < 1.29 is 9.18 Å². The van der Waals surface area contributed by atoms with Gasteiger partial charge in [-0.25, -0.2) is 4.39 Å². The first-order valence-corrected chi connectivity index (χ1v) is 9.35. The predicted octanol–water partition coefficient (Wildman–Crippen LogP) is 4.19. The third-order valence-corrected chi connectivity index (χ3v) is 4.91. The number of amides is 1. The summed E-state index contributed by atoms with van der Waals surface area (Å²) in [6, 6.07) is 13.2. The highest BCUT2D eigenvalue weighted by Gasteiger charge is 2.21. The summed E-state index contributed by atoms with van der Waals surface area (Å²) in [4.78, 5) is 23.6. The summed E-state index contributed by atoms with van der Waals surface area (Å²) in [5.74, 6) is -0.608. The van der Waals surface area contributed by atoms with Crippen LogP contribution in [0.4, 0.5) is 15.8 Å². The van der Waals surface area contributed by atoms with Gasteiger partial charge in [0.1, 0.15) is 5.82 Å². The molecule has 3 heterocycles. The molecule has 0 aliphatic carbocycles. The topological polar surface area (TPSA) is 58.1 Å². The van der Waals surface area contributed by atoms with E-state index in [0.29, 0.717) is 5.56 Å². The zero-order valence-corrected chi connectivity index (χ0v) is 15.6. The van der Waals surface area contributed by atoms with E-state index in [9.17, 15) is 9.18 Å². The number of anilines is 2. The minimum absolute atomic E-state index is 0.246. The summed E-state index contributed by atoms with van der Waals surface area (Å²) in [7, 11) is 0. The summed E-state index contributed by atoms with van der Waals surface area (Å²) in [5.41, 5.74) is 4.39. The lowest BCUT2D eigenvalue weighted by atomic mass is 10.0. The van der Waals surface area contributed by atoms with Gasteiger partial charge in [-0.15, -0.1) is 0 Å². The van der Waals surface area contributed by atoms with Gasteiger partial charge in [0, 0.05) is 18.3 Å². The van der Waals surface area contributed by atoms with Crippen LogP contribution in [0.5, 0.6) is 0 Å². The number of rotatable bonds is 4. The number of hydrogen-bond acceptors (Lipinski definition) is 4. The Bertz CT molecular complexity index is 976. The fraction of sp³-hybridized carbons (Fsp3) is 0.227. The molecule has 28 heavy (non-hydrogen) atoms. The molecule has 0 unspecified atom stereocenters. The number of hydrogen-bond donors (Lipinski definition) is 1. The SMILES string of the molecule is C[C@@H](NC(=O)c1ccc(F)cc1)c1ccc2c(n1)CCCN2c1cccnc1. The molecule has 0 radical (unpaired) electrons. The second kappa shape index (κ2) is 7.76. The minimum Gasteiger partial charge on any atom is -0.344 e. The molecule has 0 saturated heterocycles. The molecule has 1 atom stereocenters. The lowest BCUT2D eigenvalue weighted by molar-refractivity contribution is 0.0939. The van der Waals surface area contributed by atoms with Crippen molar-refractivity contribution in [1.82, 2.24) is 15.3 Å². The van der Waals surface area contributed by atoms with Crippen LogP contribution in [0.1, 0.15) is 41.1 Å². The van der Waals surface area contributed by atoms with E-state index in [4.69, 9.17) is 4.98 Å². The van der Waals surface area contributed by atoms with Gasteiger partial charge in [-0.3, -0.25) is 14.8 Å². The molecule has 0 saturated carbocycles. The third kappa shape index (κ3) is 3.71. The molecule has 2 aromatic heterocycles. The Morgan fingerprint density at radius 1 is 1.18 bits per heavy atom. The number of aromatic nitrogens is 2. The van der Waals surface area contributed by atoms with E-state index in [1.807, 2.05) is 31.3 Å². The number of carbonyl (C=O) groups excluding carboxylic acids is 1. The molecule has 1 aliphatic heterocycles. The first kappa shape index (κ1) is 18.1. The monoisotopic (exact) mass is 376 g/mol. The van der Waals surface area contributed by atoms with E-state index in [1.54, 1.807) is 6.20 Å². The molecule has 1 aromatic carbocycles. The molecule has 1 aliphatic rings. The molecule has 1 N–H and O–H groups in total. The summed E-state index contributed by atoms with van der Waals surface area (Å²) in [6.45, 7) is 2.83. The first-order chi connectivity index (χ1) is 13.6. The second-order valence-corrected chi connectivity index (χ2v) is 6.87. The smallest absolute Gasteiger partial charge is 0.251 e. The molecule has 1 amide bonds. The molecular weight excluding hydrogens is 355 g/mol. The van der Waals surface area contributed by atoms with Gasteiger partial charge in [0.15, 0.2) is 0 Å². The predicted molar refractivity (Wildman–Crippen MR) is 106 cm³/mol. The molecule has 6 heteroatoms. The number of nitrogens with zero attached hydrogens (tertiary/aromatic N) is 3. The van der Waals surface area contributed by atoms with Gasteiger partial charge in [0.05, 0.1) is 35.0 Å². The molecule has 0 spiro atoms. The van der Waals surface area contributed by atoms with Crippen molar-refractivity contribution in [3.05, 3.63) is 83.7 Å². The maximum Gasteiger partial charge on any atom is 0.251 e. The van der Waals surface area contributed by atoms with Crippen molar-refractivity contribution in [2.45, 2.75) is 25.8 Å². The van der Waals surface area contributed by atoms with Crippen molar-refractivity contribution in [2.24, 2.45) is 0 Å². The van der Waals surface area contributed by atoms with Crippen LogP contribution in [0, 0.1) is 5.82 Å². The van der Waals surface area contributed by atoms with Gasteiger partial charge < -0.3 is 10.2 Å². The Balaban J connectivity index is 1.53. The molecule has 0 fully saturated rings. The number of benzene rings is 1. The maximum absolute atomic E-state index is 13.0. The Hall–Kier alpha value is -3.28. The number of nitrogens with one attached hydrogen (secondary N) is 1. The third-order valence-electron chi connectivity index (χ3n) is 4.91. The number of aryl methyl sites for hydroxylation is 1. The Kier molecular flexibility index (Phi) is 5.02. The van der Waals surface area contributed by atoms with E-state index in [0.717, 1.165) is 42.1 Å². The molecule has 3 aromatic rings. The molecule has 4 rings (SSSR count). The Morgan fingerprint density at radius 3 is 2.75 bits per heavy atom. The number of pyridine rings is 2. The van der Waals surface area contributed by atoms with E-state index < -0.39 is 0 Å². The lowest BCUT2D eigenvalue weighted by Crippen LogP contribution is -2.29. The van der Waals surface area contributed by atoms with E-state index in [2.05, 4.69) is 21.3 Å². The number of fused-ring (bicyclic) bond motifs is 1. The van der Waals surface area contributed by atoms with E-state index >= 15 is 0 Å². The quantitative estimate of drug-likeness (QED) is 0.742. The van der Waals surface area contributed by atoms with Gasteiger partial charge in [0.25, 0.3) is 5.91 Å². The van der Waals surface area contributed by atoms with Gasteiger partial charge in [-0.1, -0.05) is 0 Å². The lowest BCUT2D eigenvalue weighted by Gasteiger charge is -2.31. The fourth-order valence-corrected chi connectivity index (χ4v) is 3.44. The summed E-state index contributed by atoms with van der Waals surface area (Å²) < 4.78 is 13.0. The highest BCUT2D eigenvalue weighted by Crippen LogP contribution is 2.32. The van der Waals surface area contributed by atoms with Gasteiger partial charge in [-0.05, 0) is 68.3 Å². The average molecular weight is 376 g/mol. The van der Waals surface area contributed by atoms with Crippen LogP contribution < -0.4 is 10.2 Å². The summed E-state index contributed by atoms with van der Waals surface area (Å²) >= 11 is 0. The number of halogens is 1. The molecular formula is C22H21FN4O. The zero-order valence-electron chi connectivity index (χ0n) is 15.6. The van der Waals surface area contributed by atoms with Gasteiger partial charge in [-0.2, -0.15) is 0 Å². The van der Waals surface area contributed by atoms with E-state index in [-0.39, 0.29) is 17.8 Å². The first-order valence-electron chi connectivity index (χ1n) is 9.35. The van der Waals surface area contributed by atoms with Gasteiger partial charge in [0.2, 0.25) is 0 Å². The number of carbonyl (C=O) groups is 1. The highest BCUT2D eigenvalue weighted by atomic mass is 19.1. The van der Waals surface area contributed by atoms with Crippen molar-refractivity contribution in [2.75, 3.05) is 11.4 Å². The van der Waals surface area contributed by atoms with Crippen LogP contribution in [-0.4, -0.2) is 22.4 Å². The van der Waals surface area contributed by atoms with Crippen LogP contribution in [0.2, 0.25) is 0 Å². The molecule has 0 bridgehead atoms. The largest absolute Gasteiger partial charge is 0.344 e. The van der Waals surface area contributed by atoms with Crippen LogP contribution in [-0.2, 0) is 6.42 Å². The van der Waals surface area contributed by atoms with Gasteiger partial charge >= 0.3 is 0 Å². The van der Waals surface area contributed by atoms with Crippen molar-refractivity contribution in [3.63, 3.8) is 0 Å². The van der Waals surface area contributed by atoms with Crippen LogP contribution >= 0.6 is 0 Å². The standard InChI is InChI=1S/C22H21FN4O/c1-15(25-22(28)16-6-8-17(23)9-7-16)19-10-11-21-20(26-19)5-3-13-27(21)18-4-2-12-24-14-18/h2,4,6-12,14-15H,3,5,13H2,1H3,(H,25,28)/t15-/m1/s1. The normalized spacial score (nSPS) is 14.3. The molecule has 142 valence electrons. The minimum atomic E-state index is -0.362. The van der Waals surface area contributed by atoms with Crippen molar-refractivity contribution in [1.29, 1.82) is 0 Å². The van der Waals surface area contributed by atoms with Crippen molar-refractivity contribution >= 4 is 17.3 Å². The van der Waals surface area contributed by atoms with Crippen LogP contribution in [0.25, 0.3) is 0 Å². The average Bonchev–Trinajstić information content (AvgIpc) is 2.74. The van der Waals surface area contributed by atoms with E-state index in [1.165, 1.54) is 24.3 Å². The second-order valence-electron chi connectivity index (χ2n) is 6.87. The highest BCUT2D eigenvalue weighted by molar-refractivity contribution is 5.94. The zero-order chi connectivity index (χ0) is 19.5. The Morgan fingerprint density at radius 2 is 2.00 bits per heavy atom. The van der Waals surface area contributed by atoms with Crippen molar-refractivity contribution in [3.8, 4) is 0 Å². The fourth-order valence-electron chi connectivity index (χ4n) is 3.44. The summed E-state index contributed by atoms with van der Waals surface area (Å²) in [6.07, 6.45) is 5.53. The van der Waals surface area contributed by atoms with Crippen LogP contribution in [0.15, 0.2) is 60.9 Å². The Labute approximate surface area is 163 Å². The molecule has 5 nitrogen and oxygen atoms in total. The van der Waals surface area contributed by atoms with Crippen LogP contribution in [0.3, 0.4) is 0 Å². The summed E-state index contributed by atoms with van der Waals surface area (Å²) in [5, 5.41) is 2.93.